The summed E-state index contributed by atoms with van der Waals surface area (Å²) < 4.78 is 43.3. The lowest BCUT2D eigenvalue weighted by Crippen LogP contribution is -2.13. The van der Waals surface area contributed by atoms with E-state index in [1.807, 2.05) is 12.1 Å². The summed E-state index contributed by atoms with van der Waals surface area (Å²) in [6.07, 6.45) is -3.83. The van der Waals surface area contributed by atoms with Crippen molar-refractivity contribution in [2.75, 3.05) is 6.61 Å². The Balaban J connectivity index is 2.23. The fourth-order valence-corrected chi connectivity index (χ4v) is 2.74. The molecule has 2 aromatic carbocycles. The van der Waals surface area contributed by atoms with E-state index in [4.69, 9.17) is 9.84 Å². The van der Waals surface area contributed by atoms with E-state index in [2.05, 4.69) is 0 Å². The van der Waals surface area contributed by atoms with Crippen molar-refractivity contribution in [1.29, 1.82) is 0 Å². The number of ether oxygens (including phenoxy) is 1. The third-order valence-corrected chi connectivity index (χ3v) is 4.12. The van der Waals surface area contributed by atoms with Crippen LogP contribution in [-0.2, 0) is 28.7 Å². The second-order valence-electron chi connectivity index (χ2n) is 6.00. The molecular weight excluding hydrogens is 345 g/mol. The summed E-state index contributed by atoms with van der Waals surface area (Å²) >= 11 is 0. The number of benzene rings is 2. The topological polar surface area (TPSA) is 46.5 Å². The molecule has 2 rings (SSSR count). The maximum absolute atomic E-state index is 12.8. The molecule has 0 saturated carbocycles. The van der Waals surface area contributed by atoms with Gasteiger partial charge in [0.15, 0.2) is 0 Å². The first-order chi connectivity index (χ1) is 12.3. The molecule has 1 N–H and O–H groups in total. The number of carbonyl (C=O) groups excluding carboxylic acids is 1. The van der Waals surface area contributed by atoms with Crippen molar-refractivity contribution in [1.82, 2.24) is 0 Å². The number of halogens is 3. The summed E-state index contributed by atoms with van der Waals surface area (Å²) in [5.41, 5.74) is 1.63. The highest BCUT2D eigenvalue weighted by atomic mass is 19.4. The van der Waals surface area contributed by atoms with Crippen molar-refractivity contribution in [2.24, 2.45) is 0 Å². The van der Waals surface area contributed by atoms with Gasteiger partial charge in [0, 0.05) is 0 Å². The van der Waals surface area contributed by atoms with Crippen molar-refractivity contribution in [2.45, 2.75) is 38.5 Å². The van der Waals surface area contributed by atoms with Crippen molar-refractivity contribution in [3.63, 3.8) is 0 Å². The van der Waals surface area contributed by atoms with Crippen LogP contribution < -0.4 is 0 Å². The summed E-state index contributed by atoms with van der Waals surface area (Å²) in [4.78, 5) is 11.9. The van der Waals surface area contributed by atoms with E-state index in [0.29, 0.717) is 12.0 Å². The monoisotopic (exact) mass is 366 g/mol. The minimum atomic E-state index is -4.39. The molecule has 0 fully saturated rings. The van der Waals surface area contributed by atoms with Crippen molar-refractivity contribution in [3.8, 4) is 0 Å². The van der Waals surface area contributed by atoms with Crippen molar-refractivity contribution in [3.05, 3.63) is 70.8 Å². The molecule has 2 aromatic rings. The van der Waals surface area contributed by atoms with Gasteiger partial charge in [-0.15, -0.1) is 0 Å². The van der Waals surface area contributed by atoms with E-state index < -0.39 is 11.7 Å². The maximum atomic E-state index is 12.8. The van der Waals surface area contributed by atoms with Gasteiger partial charge in [0.05, 0.1) is 25.2 Å². The summed E-state index contributed by atoms with van der Waals surface area (Å²) in [6, 6.07) is 12.1. The lowest BCUT2D eigenvalue weighted by atomic mass is 9.88. The second-order valence-corrected chi connectivity index (χ2v) is 6.00. The highest BCUT2D eigenvalue weighted by Gasteiger charge is 2.30. The second kappa shape index (κ2) is 8.85. The fraction of sp³-hybridized carbons (Fsp3) is 0.350. The average molecular weight is 366 g/mol. The Labute approximate surface area is 150 Å². The van der Waals surface area contributed by atoms with Crippen LogP contribution >= 0.6 is 0 Å². The molecule has 0 aliphatic heterocycles. The van der Waals surface area contributed by atoms with Crippen LogP contribution in [0.4, 0.5) is 13.2 Å². The van der Waals surface area contributed by atoms with Crippen LogP contribution in [0.15, 0.2) is 48.5 Å². The standard InChI is InChI=1S/C20H21F3O3/c1-2-26-19(25)12-17(11-14-3-5-15(13-24)6-4-14)16-7-9-18(10-8-16)20(21,22)23/h3-10,17,24H,2,11-13H2,1H3. The normalized spacial score (nSPS) is 12.7. The molecule has 0 aromatic heterocycles. The van der Waals surface area contributed by atoms with Crippen LogP contribution in [0.5, 0.6) is 0 Å². The molecule has 0 bridgehead atoms. The number of alkyl halides is 3. The van der Waals surface area contributed by atoms with Gasteiger partial charge in [0.25, 0.3) is 0 Å². The SMILES string of the molecule is CCOC(=O)CC(Cc1ccc(CO)cc1)c1ccc(C(F)(F)F)cc1. The van der Waals surface area contributed by atoms with E-state index in [1.165, 1.54) is 12.1 Å². The zero-order valence-corrected chi connectivity index (χ0v) is 14.4. The Morgan fingerprint density at radius 3 is 2.12 bits per heavy atom. The minimum Gasteiger partial charge on any atom is -0.466 e. The number of rotatable bonds is 7. The van der Waals surface area contributed by atoms with E-state index >= 15 is 0 Å². The molecule has 0 aliphatic rings. The highest BCUT2D eigenvalue weighted by molar-refractivity contribution is 5.70. The minimum absolute atomic E-state index is 0.0640. The van der Waals surface area contributed by atoms with Gasteiger partial charge >= 0.3 is 12.1 Å². The number of aliphatic hydroxyl groups excluding tert-OH is 1. The van der Waals surface area contributed by atoms with Crippen LogP contribution in [0.2, 0.25) is 0 Å². The zero-order chi connectivity index (χ0) is 19.2. The predicted molar refractivity (Wildman–Crippen MR) is 91.5 cm³/mol. The van der Waals surface area contributed by atoms with E-state index in [9.17, 15) is 18.0 Å². The third-order valence-electron chi connectivity index (χ3n) is 4.12. The molecule has 6 heteroatoms. The first-order valence-corrected chi connectivity index (χ1v) is 8.35. The zero-order valence-electron chi connectivity index (χ0n) is 14.4. The van der Waals surface area contributed by atoms with Gasteiger partial charge in [-0.3, -0.25) is 4.79 Å². The Hall–Kier alpha value is -2.34. The van der Waals surface area contributed by atoms with Crippen molar-refractivity contribution >= 4 is 5.97 Å². The Morgan fingerprint density at radius 1 is 1.04 bits per heavy atom. The molecule has 0 amide bonds. The Bertz CT molecular complexity index is 707. The summed E-state index contributed by atoms with van der Waals surface area (Å²) in [5, 5.41) is 9.11. The number of hydrogen-bond acceptors (Lipinski definition) is 3. The molecule has 1 atom stereocenters. The van der Waals surface area contributed by atoms with Gasteiger partial charge in [0.2, 0.25) is 0 Å². The smallest absolute Gasteiger partial charge is 0.416 e. The van der Waals surface area contributed by atoms with E-state index in [1.54, 1.807) is 19.1 Å². The van der Waals surface area contributed by atoms with Gasteiger partial charge in [-0.05, 0) is 48.1 Å². The van der Waals surface area contributed by atoms with E-state index in [0.717, 1.165) is 23.3 Å². The van der Waals surface area contributed by atoms with Gasteiger partial charge in [-0.25, -0.2) is 0 Å². The van der Waals surface area contributed by atoms with Crippen LogP contribution in [0, 0.1) is 0 Å². The molecule has 0 saturated heterocycles. The van der Waals surface area contributed by atoms with Gasteiger partial charge in [-0.2, -0.15) is 13.2 Å². The predicted octanol–water partition coefficient (Wildman–Crippen LogP) is 4.48. The number of hydrogen-bond donors (Lipinski definition) is 1. The van der Waals surface area contributed by atoms with Gasteiger partial charge < -0.3 is 9.84 Å². The summed E-state index contributed by atoms with van der Waals surface area (Å²) in [7, 11) is 0. The quantitative estimate of drug-likeness (QED) is 0.735. The molecule has 140 valence electrons. The highest BCUT2D eigenvalue weighted by Crippen LogP contribution is 2.32. The molecular formula is C20H21F3O3. The molecule has 26 heavy (non-hydrogen) atoms. The summed E-state index contributed by atoms with van der Waals surface area (Å²) in [5.74, 6) is -0.680. The third kappa shape index (κ3) is 5.59. The first kappa shape index (κ1) is 20.0. The average Bonchev–Trinajstić information content (AvgIpc) is 2.61. The Morgan fingerprint density at radius 2 is 1.62 bits per heavy atom. The van der Waals surface area contributed by atoms with Crippen LogP contribution in [0.1, 0.15) is 41.5 Å². The number of aliphatic hydroxyl groups is 1. The van der Waals surface area contributed by atoms with Crippen LogP contribution in [0.3, 0.4) is 0 Å². The largest absolute Gasteiger partial charge is 0.466 e. The molecule has 0 spiro atoms. The summed E-state index contributed by atoms with van der Waals surface area (Å²) in [6.45, 7) is 1.90. The van der Waals surface area contributed by atoms with Crippen molar-refractivity contribution < 1.29 is 27.8 Å². The lowest BCUT2D eigenvalue weighted by molar-refractivity contribution is -0.143. The van der Waals surface area contributed by atoms with Crippen LogP contribution in [0.25, 0.3) is 0 Å². The number of carbonyl (C=O) groups is 1. The fourth-order valence-electron chi connectivity index (χ4n) is 2.74. The Kier molecular flexibility index (Phi) is 6.80. The van der Waals surface area contributed by atoms with Gasteiger partial charge in [0.1, 0.15) is 0 Å². The lowest BCUT2D eigenvalue weighted by Gasteiger charge is -2.18. The molecule has 0 heterocycles. The molecule has 0 radical (unpaired) electrons. The molecule has 0 aliphatic carbocycles. The van der Waals surface area contributed by atoms with Gasteiger partial charge in [-0.1, -0.05) is 36.4 Å². The van der Waals surface area contributed by atoms with E-state index in [-0.39, 0.29) is 31.5 Å². The first-order valence-electron chi connectivity index (χ1n) is 8.35. The maximum Gasteiger partial charge on any atom is 0.416 e. The number of esters is 1. The van der Waals surface area contributed by atoms with Crippen LogP contribution in [-0.4, -0.2) is 17.7 Å². The molecule has 3 nitrogen and oxygen atoms in total. The molecule has 1 unspecified atom stereocenters.